The molecule has 0 radical (unpaired) electrons. The van der Waals surface area contributed by atoms with E-state index in [0.717, 1.165) is 12.8 Å². The van der Waals surface area contributed by atoms with Gasteiger partial charge in [-0.25, -0.2) is 0 Å². The minimum Gasteiger partial charge on any atom is -0.300 e. The highest BCUT2D eigenvalue weighted by molar-refractivity contribution is 5.79. The molecular weight excluding hydrogens is 136 g/mol. The second-order valence-corrected chi connectivity index (χ2v) is 3.78. The summed E-state index contributed by atoms with van der Waals surface area (Å²) < 4.78 is 0. The zero-order valence-corrected chi connectivity index (χ0v) is 6.75. The third-order valence-electron chi connectivity index (χ3n) is 2.78. The van der Waals surface area contributed by atoms with Crippen LogP contribution in [0.5, 0.6) is 0 Å². The van der Waals surface area contributed by atoms with Crippen LogP contribution in [0.2, 0.25) is 0 Å². The highest BCUT2D eigenvalue weighted by Gasteiger charge is 2.22. The average molecular weight is 150 g/mol. The van der Waals surface area contributed by atoms with Crippen LogP contribution in [-0.4, -0.2) is 5.78 Å². The van der Waals surface area contributed by atoms with E-state index in [9.17, 15) is 4.79 Å². The maximum Gasteiger partial charge on any atom is 0.134 e. The largest absolute Gasteiger partial charge is 0.300 e. The molecule has 0 saturated heterocycles. The fraction of sp³-hybridized carbons (Fsp3) is 0.700. The molecule has 0 aromatic rings. The molecule has 0 unspecified atom stereocenters. The fourth-order valence-corrected chi connectivity index (χ4v) is 2.16. The molecule has 0 amide bonds. The molecular formula is C10H14O. The molecule has 2 rings (SSSR count). The molecule has 0 heterocycles. The van der Waals surface area contributed by atoms with Crippen molar-refractivity contribution in [2.24, 2.45) is 11.8 Å². The molecule has 2 aliphatic rings. The molecule has 0 N–H and O–H groups in total. The number of Topliss-reactive ketones (excluding diaryl/α,β-unsaturated/α-hetero) is 1. The van der Waals surface area contributed by atoms with E-state index in [1.54, 1.807) is 0 Å². The lowest BCUT2D eigenvalue weighted by Gasteiger charge is -2.13. The van der Waals surface area contributed by atoms with Crippen molar-refractivity contribution in [1.29, 1.82) is 0 Å². The lowest BCUT2D eigenvalue weighted by atomic mass is 9.90. The summed E-state index contributed by atoms with van der Waals surface area (Å²) in [6, 6.07) is 0. The zero-order chi connectivity index (χ0) is 7.68. The minimum atomic E-state index is 0.477. The second kappa shape index (κ2) is 2.80. The number of fused-ring (bicyclic) bond motifs is 2. The van der Waals surface area contributed by atoms with Gasteiger partial charge in [-0.1, -0.05) is 18.6 Å². The molecule has 1 heteroatoms. The van der Waals surface area contributed by atoms with Gasteiger partial charge in [-0.2, -0.15) is 0 Å². The molecule has 0 aromatic carbocycles. The van der Waals surface area contributed by atoms with Gasteiger partial charge in [-0.15, -0.1) is 0 Å². The molecule has 11 heavy (non-hydrogen) atoms. The van der Waals surface area contributed by atoms with Gasteiger partial charge < -0.3 is 0 Å². The van der Waals surface area contributed by atoms with E-state index in [1.165, 1.54) is 19.3 Å². The Morgan fingerprint density at radius 3 is 2.18 bits per heavy atom. The van der Waals surface area contributed by atoms with E-state index in [1.807, 2.05) is 0 Å². The maximum atomic E-state index is 11.3. The topological polar surface area (TPSA) is 17.1 Å². The average Bonchev–Trinajstić information content (AvgIpc) is 2.19. The van der Waals surface area contributed by atoms with Crippen molar-refractivity contribution in [3.8, 4) is 0 Å². The smallest absolute Gasteiger partial charge is 0.134 e. The van der Waals surface area contributed by atoms with Crippen LogP contribution in [0.25, 0.3) is 0 Å². The predicted octanol–water partition coefficient (Wildman–Crippen LogP) is 2.32. The van der Waals surface area contributed by atoms with Crippen LogP contribution in [0.15, 0.2) is 12.2 Å². The predicted molar refractivity (Wildman–Crippen MR) is 44.2 cm³/mol. The lowest BCUT2D eigenvalue weighted by Crippen LogP contribution is -2.10. The number of ketones is 1. The minimum absolute atomic E-state index is 0.477. The van der Waals surface area contributed by atoms with Crippen molar-refractivity contribution in [1.82, 2.24) is 0 Å². The van der Waals surface area contributed by atoms with Gasteiger partial charge >= 0.3 is 0 Å². The van der Waals surface area contributed by atoms with E-state index in [0.29, 0.717) is 17.6 Å². The first kappa shape index (κ1) is 7.08. The normalized spacial score (nSPS) is 36.9. The first-order chi connectivity index (χ1) is 5.34. The summed E-state index contributed by atoms with van der Waals surface area (Å²) in [5, 5.41) is 0. The molecule has 2 bridgehead atoms. The number of allylic oxidation sites excluding steroid dienone is 2. The summed E-state index contributed by atoms with van der Waals surface area (Å²) in [5.41, 5.74) is 0. The Morgan fingerprint density at radius 1 is 1.09 bits per heavy atom. The Labute approximate surface area is 67.5 Å². The molecule has 2 atom stereocenters. The van der Waals surface area contributed by atoms with Gasteiger partial charge in [0.25, 0.3) is 0 Å². The SMILES string of the molecule is O=C1C[C@@H]2C=C[C@@H](CCC2)C1. The van der Waals surface area contributed by atoms with Gasteiger partial charge in [0.1, 0.15) is 5.78 Å². The molecule has 0 saturated carbocycles. The number of rotatable bonds is 0. The molecule has 0 spiro atoms. The maximum absolute atomic E-state index is 11.3. The van der Waals surface area contributed by atoms with Gasteiger partial charge in [-0.3, -0.25) is 4.79 Å². The van der Waals surface area contributed by atoms with E-state index >= 15 is 0 Å². The third-order valence-corrected chi connectivity index (χ3v) is 2.78. The van der Waals surface area contributed by atoms with Gasteiger partial charge in [0, 0.05) is 12.8 Å². The monoisotopic (exact) mass is 150 g/mol. The Bertz CT molecular complexity index is 175. The standard InChI is InChI=1S/C10H14O/c11-10-6-8-2-1-3-9(7-10)5-4-8/h4-5,8-9H,1-3,6-7H2/t8-,9+. The van der Waals surface area contributed by atoms with Crippen LogP contribution in [-0.2, 0) is 4.79 Å². The van der Waals surface area contributed by atoms with Gasteiger partial charge in [-0.05, 0) is 24.7 Å². The molecule has 0 aromatic heterocycles. The van der Waals surface area contributed by atoms with Crippen molar-refractivity contribution in [3.63, 3.8) is 0 Å². The Hall–Kier alpha value is -0.590. The van der Waals surface area contributed by atoms with Crippen molar-refractivity contribution >= 4 is 5.78 Å². The van der Waals surface area contributed by atoms with Crippen LogP contribution >= 0.6 is 0 Å². The summed E-state index contributed by atoms with van der Waals surface area (Å²) >= 11 is 0. The first-order valence-electron chi connectivity index (χ1n) is 4.54. The van der Waals surface area contributed by atoms with Crippen LogP contribution in [0, 0.1) is 11.8 Å². The van der Waals surface area contributed by atoms with Crippen LogP contribution in [0.3, 0.4) is 0 Å². The van der Waals surface area contributed by atoms with Crippen molar-refractivity contribution < 1.29 is 4.79 Å². The van der Waals surface area contributed by atoms with Crippen LogP contribution in [0.4, 0.5) is 0 Å². The Kier molecular flexibility index (Phi) is 1.80. The fourth-order valence-electron chi connectivity index (χ4n) is 2.16. The quantitative estimate of drug-likeness (QED) is 0.484. The van der Waals surface area contributed by atoms with E-state index in [2.05, 4.69) is 12.2 Å². The van der Waals surface area contributed by atoms with Crippen molar-refractivity contribution in [2.45, 2.75) is 32.1 Å². The van der Waals surface area contributed by atoms with Crippen LogP contribution < -0.4 is 0 Å². The third kappa shape index (κ3) is 1.52. The number of carbonyl (C=O) groups excluding carboxylic acids is 1. The summed E-state index contributed by atoms with van der Waals surface area (Å²) in [7, 11) is 0. The Balaban J connectivity index is 2.17. The van der Waals surface area contributed by atoms with Crippen molar-refractivity contribution in [2.75, 3.05) is 0 Å². The molecule has 0 aliphatic heterocycles. The van der Waals surface area contributed by atoms with Gasteiger partial charge in [0.05, 0.1) is 0 Å². The van der Waals surface area contributed by atoms with E-state index in [4.69, 9.17) is 0 Å². The molecule has 0 fully saturated rings. The van der Waals surface area contributed by atoms with E-state index < -0.39 is 0 Å². The highest BCUT2D eigenvalue weighted by Crippen LogP contribution is 2.30. The van der Waals surface area contributed by atoms with Gasteiger partial charge in [0.2, 0.25) is 0 Å². The highest BCUT2D eigenvalue weighted by atomic mass is 16.1. The number of hydrogen-bond donors (Lipinski definition) is 0. The summed E-state index contributed by atoms with van der Waals surface area (Å²) in [4.78, 5) is 11.3. The second-order valence-electron chi connectivity index (χ2n) is 3.78. The summed E-state index contributed by atoms with van der Waals surface area (Å²) in [6.07, 6.45) is 9.94. The number of carbonyl (C=O) groups is 1. The van der Waals surface area contributed by atoms with Gasteiger partial charge in [0.15, 0.2) is 0 Å². The Morgan fingerprint density at radius 2 is 1.64 bits per heavy atom. The number of hydrogen-bond acceptors (Lipinski definition) is 1. The van der Waals surface area contributed by atoms with E-state index in [-0.39, 0.29) is 0 Å². The zero-order valence-electron chi connectivity index (χ0n) is 6.75. The molecule has 60 valence electrons. The lowest BCUT2D eigenvalue weighted by molar-refractivity contribution is -0.120. The molecule has 1 nitrogen and oxygen atoms in total. The first-order valence-corrected chi connectivity index (χ1v) is 4.54. The summed E-state index contributed by atoms with van der Waals surface area (Å²) in [6.45, 7) is 0. The summed E-state index contributed by atoms with van der Waals surface area (Å²) in [5.74, 6) is 1.63. The van der Waals surface area contributed by atoms with Crippen LogP contribution in [0.1, 0.15) is 32.1 Å². The van der Waals surface area contributed by atoms with Crippen molar-refractivity contribution in [3.05, 3.63) is 12.2 Å². The molecule has 2 aliphatic carbocycles.